The maximum Gasteiger partial charge on any atom is 0.122 e. The SMILES string of the molecule is Cc1cccc(C2CC(NCc3nccn3C)C2)c1. The molecule has 1 aromatic carbocycles. The Bertz CT molecular complexity index is 553. The van der Waals surface area contributed by atoms with Crippen molar-refractivity contribution >= 4 is 0 Å². The largest absolute Gasteiger partial charge is 0.337 e. The van der Waals surface area contributed by atoms with Gasteiger partial charge >= 0.3 is 0 Å². The first-order valence-electron chi connectivity index (χ1n) is 6.98. The number of hydrogen-bond acceptors (Lipinski definition) is 2. The van der Waals surface area contributed by atoms with Crippen molar-refractivity contribution in [3.63, 3.8) is 0 Å². The molecule has 1 heterocycles. The van der Waals surface area contributed by atoms with Crippen molar-refractivity contribution in [3.8, 4) is 0 Å². The number of hydrogen-bond donors (Lipinski definition) is 1. The fraction of sp³-hybridized carbons (Fsp3) is 0.438. The topological polar surface area (TPSA) is 29.9 Å². The van der Waals surface area contributed by atoms with Gasteiger partial charge in [-0.3, -0.25) is 0 Å². The van der Waals surface area contributed by atoms with Gasteiger partial charge in [0.25, 0.3) is 0 Å². The minimum Gasteiger partial charge on any atom is -0.337 e. The number of aryl methyl sites for hydroxylation is 2. The van der Waals surface area contributed by atoms with E-state index in [0.29, 0.717) is 6.04 Å². The summed E-state index contributed by atoms with van der Waals surface area (Å²) < 4.78 is 2.07. The van der Waals surface area contributed by atoms with Gasteiger partial charge in [0, 0.05) is 25.5 Å². The number of aromatic nitrogens is 2. The van der Waals surface area contributed by atoms with Crippen molar-refractivity contribution in [2.45, 2.75) is 38.3 Å². The summed E-state index contributed by atoms with van der Waals surface area (Å²) in [6.07, 6.45) is 6.34. The molecule has 0 saturated heterocycles. The van der Waals surface area contributed by atoms with Gasteiger partial charge in [-0.1, -0.05) is 29.8 Å². The number of rotatable bonds is 4. The van der Waals surface area contributed by atoms with Crippen molar-refractivity contribution in [2.24, 2.45) is 7.05 Å². The van der Waals surface area contributed by atoms with Crippen molar-refractivity contribution in [1.82, 2.24) is 14.9 Å². The lowest BCUT2D eigenvalue weighted by molar-refractivity contribution is 0.286. The molecule has 3 heteroatoms. The minimum absolute atomic E-state index is 0.641. The van der Waals surface area contributed by atoms with Gasteiger partial charge in [-0.2, -0.15) is 0 Å². The van der Waals surface area contributed by atoms with E-state index in [1.165, 1.54) is 24.0 Å². The van der Waals surface area contributed by atoms with Crippen LogP contribution in [0, 0.1) is 6.92 Å². The van der Waals surface area contributed by atoms with Crippen LogP contribution in [0.15, 0.2) is 36.7 Å². The normalized spacial score (nSPS) is 22.2. The quantitative estimate of drug-likeness (QED) is 0.910. The molecule has 0 amide bonds. The van der Waals surface area contributed by atoms with Gasteiger partial charge in [-0.25, -0.2) is 4.98 Å². The molecule has 0 radical (unpaired) electrons. The highest BCUT2D eigenvalue weighted by Gasteiger charge is 2.29. The highest BCUT2D eigenvalue weighted by molar-refractivity contribution is 5.27. The average Bonchev–Trinajstić information content (AvgIpc) is 2.73. The fourth-order valence-electron chi connectivity index (χ4n) is 2.78. The standard InChI is InChI=1S/C16H21N3/c1-12-4-3-5-13(8-12)14-9-15(10-14)18-11-16-17-6-7-19(16)2/h3-8,14-15,18H,9-11H2,1-2H3. The van der Waals surface area contributed by atoms with Gasteiger partial charge < -0.3 is 9.88 Å². The van der Waals surface area contributed by atoms with Crippen molar-refractivity contribution < 1.29 is 0 Å². The number of nitrogens with one attached hydrogen (secondary N) is 1. The zero-order valence-electron chi connectivity index (χ0n) is 11.6. The Morgan fingerprint density at radius 2 is 2.21 bits per heavy atom. The van der Waals surface area contributed by atoms with Gasteiger partial charge in [-0.15, -0.1) is 0 Å². The van der Waals surface area contributed by atoms with E-state index in [1.807, 2.05) is 19.4 Å². The van der Waals surface area contributed by atoms with Crippen LogP contribution in [0.3, 0.4) is 0 Å². The molecular formula is C16H21N3. The zero-order valence-corrected chi connectivity index (χ0v) is 11.6. The van der Waals surface area contributed by atoms with Crippen LogP contribution < -0.4 is 5.32 Å². The molecule has 1 N–H and O–H groups in total. The third-order valence-corrected chi connectivity index (χ3v) is 4.12. The first kappa shape index (κ1) is 12.4. The predicted molar refractivity (Wildman–Crippen MR) is 77.0 cm³/mol. The summed E-state index contributed by atoms with van der Waals surface area (Å²) in [6, 6.07) is 9.55. The van der Waals surface area contributed by atoms with Crippen LogP contribution in [-0.2, 0) is 13.6 Å². The summed E-state index contributed by atoms with van der Waals surface area (Å²) in [5.41, 5.74) is 2.86. The monoisotopic (exact) mass is 255 g/mol. The van der Waals surface area contributed by atoms with Crippen LogP contribution in [0.25, 0.3) is 0 Å². The summed E-state index contributed by atoms with van der Waals surface area (Å²) in [5.74, 6) is 1.85. The molecule has 1 saturated carbocycles. The Hall–Kier alpha value is -1.61. The number of imidazole rings is 1. The molecule has 0 atom stereocenters. The van der Waals surface area contributed by atoms with Gasteiger partial charge in [0.1, 0.15) is 5.82 Å². The lowest BCUT2D eigenvalue weighted by atomic mass is 9.75. The van der Waals surface area contributed by atoms with Crippen LogP contribution in [0.5, 0.6) is 0 Å². The lowest BCUT2D eigenvalue weighted by Gasteiger charge is -2.36. The van der Waals surface area contributed by atoms with E-state index >= 15 is 0 Å². The molecule has 1 fully saturated rings. The molecule has 0 aliphatic heterocycles. The van der Waals surface area contributed by atoms with E-state index in [4.69, 9.17) is 0 Å². The Balaban J connectivity index is 1.49. The molecule has 0 spiro atoms. The van der Waals surface area contributed by atoms with Gasteiger partial charge in [0.05, 0.1) is 6.54 Å². The molecule has 1 aliphatic rings. The van der Waals surface area contributed by atoms with Gasteiger partial charge in [0.15, 0.2) is 0 Å². The fourth-order valence-corrected chi connectivity index (χ4v) is 2.78. The molecule has 3 nitrogen and oxygen atoms in total. The summed E-state index contributed by atoms with van der Waals surface area (Å²) in [4.78, 5) is 4.34. The lowest BCUT2D eigenvalue weighted by Crippen LogP contribution is -2.40. The van der Waals surface area contributed by atoms with E-state index in [-0.39, 0.29) is 0 Å². The second-order valence-electron chi connectivity index (χ2n) is 5.61. The van der Waals surface area contributed by atoms with Crippen molar-refractivity contribution in [1.29, 1.82) is 0 Å². The molecule has 3 rings (SSSR count). The maximum atomic E-state index is 4.34. The molecule has 0 unspecified atom stereocenters. The number of nitrogens with zero attached hydrogens (tertiary/aromatic N) is 2. The molecule has 2 aromatic rings. The molecule has 100 valence electrons. The summed E-state index contributed by atoms with van der Waals surface area (Å²) in [6.45, 7) is 3.04. The number of benzene rings is 1. The van der Waals surface area contributed by atoms with E-state index < -0.39 is 0 Å². The molecule has 0 bridgehead atoms. The van der Waals surface area contributed by atoms with Crippen LogP contribution in [-0.4, -0.2) is 15.6 Å². The molecule has 1 aliphatic carbocycles. The van der Waals surface area contributed by atoms with E-state index in [2.05, 4.69) is 46.1 Å². The first-order chi connectivity index (χ1) is 9.22. The summed E-state index contributed by atoms with van der Waals surface area (Å²) >= 11 is 0. The van der Waals surface area contributed by atoms with E-state index in [0.717, 1.165) is 18.3 Å². The Morgan fingerprint density at radius 1 is 1.37 bits per heavy atom. The first-order valence-corrected chi connectivity index (χ1v) is 6.98. The average molecular weight is 255 g/mol. The second-order valence-corrected chi connectivity index (χ2v) is 5.61. The smallest absolute Gasteiger partial charge is 0.122 e. The van der Waals surface area contributed by atoms with Crippen LogP contribution in [0.2, 0.25) is 0 Å². The second kappa shape index (κ2) is 5.17. The highest BCUT2D eigenvalue weighted by atomic mass is 15.1. The Morgan fingerprint density at radius 3 is 2.89 bits per heavy atom. The molecule has 19 heavy (non-hydrogen) atoms. The third kappa shape index (κ3) is 2.71. The van der Waals surface area contributed by atoms with Crippen LogP contribution in [0.4, 0.5) is 0 Å². The Kier molecular flexibility index (Phi) is 3.38. The van der Waals surface area contributed by atoms with E-state index in [1.54, 1.807) is 0 Å². The highest BCUT2D eigenvalue weighted by Crippen LogP contribution is 2.37. The van der Waals surface area contributed by atoms with Gasteiger partial charge in [-0.05, 0) is 31.2 Å². The van der Waals surface area contributed by atoms with Gasteiger partial charge in [0.2, 0.25) is 0 Å². The summed E-state index contributed by atoms with van der Waals surface area (Å²) in [5, 5.41) is 3.59. The predicted octanol–water partition coefficient (Wildman–Crippen LogP) is 2.76. The van der Waals surface area contributed by atoms with Crippen LogP contribution in [0.1, 0.15) is 35.7 Å². The third-order valence-electron chi connectivity index (χ3n) is 4.12. The van der Waals surface area contributed by atoms with E-state index in [9.17, 15) is 0 Å². The zero-order chi connectivity index (χ0) is 13.2. The van der Waals surface area contributed by atoms with Crippen molar-refractivity contribution in [3.05, 3.63) is 53.6 Å². The molecule has 1 aromatic heterocycles. The minimum atomic E-state index is 0.641. The Labute approximate surface area is 114 Å². The van der Waals surface area contributed by atoms with Crippen LogP contribution >= 0.6 is 0 Å². The maximum absolute atomic E-state index is 4.34. The van der Waals surface area contributed by atoms with Crippen molar-refractivity contribution in [2.75, 3.05) is 0 Å². The summed E-state index contributed by atoms with van der Waals surface area (Å²) in [7, 11) is 2.04. The molecular weight excluding hydrogens is 234 g/mol.